The minimum Gasteiger partial charge on any atom is -0.347 e. The highest BCUT2D eigenvalue weighted by atomic mass is 32.2. The maximum Gasteiger partial charge on any atom is 0.271 e. The number of rotatable bonds is 3. The lowest BCUT2D eigenvalue weighted by molar-refractivity contribution is 0.0937. The number of hydrogen-bond donors (Lipinski definition) is 1. The van der Waals surface area contributed by atoms with Gasteiger partial charge in [-0.1, -0.05) is 30.3 Å². The highest BCUT2D eigenvalue weighted by molar-refractivity contribution is 7.91. The van der Waals surface area contributed by atoms with Gasteiger partial charge >= 0.3 is 0 Å². The first kappa shape index (κ1) is 14.2. The van der Waals surface area contributed by atoms with Crippen molar-refractivity contribution in [1.82, 2.24) is 10.3 Å². The standard InChI is InChI=1S/C14H14N2O3S2/c17-13(15-11-6-7-21(18,19)9-11)12-8-20-14(16-12)10-4-2-1-3-5-10/h1-5,8,11H,6-7,9H2,(H,15,17)/t11-/m1/s1. The van der Waals surface area contributed by atoms with Crippen molar-refractivity contribution in [3.63, 3.8) is 0 Å². The summed E-state index contributed by atoms with van der Waals surface area (Å²) in [4.78, 5) is 16.4. The quantitative estimate of drug-likeness (QED) is 0.933. The maximum absolute atomic E-state index is 12.1. The van der Waals surface area contributed by atoms with Crippen LogP contribution in [0.15, 0.2) is 35.7 Å². The van der Waals surface area contributed by atoms with E-state index in [4.69, 9.17) is 0 Å². The molecule has 1 amide bonds. The zero-order valence-corrected chi connectivity index (χ0v) is 12.8. The van der Waals surface area contributed by atoms with E-state index in [1.54, 1.807) is 5.38 Å². The Morgan fingerprint density at radius 3 is 2.71 bits per heavy atom. The van der Waals surface area contributed by atoms with Gasteiger partial charge in [-0.3, -0.25) is 4.79 Å². The number of amides is 1. The van der Waals surface area contributed by atoms with E-state index in [-0.39, 0.29) is 23.5 Å². The number of hydrogen-bond acceptors (Lipinski definition) is 5. The third kappa shape index (κ3) is 3.30. The van der Waals surface area contributed by atoms with Crippen LogP contribution in [0.25, 0.3) is 10.6 Å². The molecule has 0 radical (unpaired) electrons. The van der Waals surface area contributed by atoms with Crippen molar-refractivity contribution in [1.29, 1.82) is 0 Å². The first-order valence-corrected chi connectivity index (χ1v) is 9.26. The molecule has 2 aromatic rings. The molecule has 21 heavy (non-hydrogen) atoms. The van der Waals surface area contributed by atoms with Crippen molar-refractivity contribution in [2.45, 2.75) is 12.5 Å². The molecule has 1 saturated heterocycles. The number of benzene rings is 1. The number of thiazole rings is 1. The van der Waals surface area contributed by atoms with Crippen LogP contribution in [0.2, 0.25) is 0 Å². The first-order valence-electron chi connectivity index (χ1n) is 6.56. The first-order chi connectivity index (χ1) is 10.0. The summed E-state index contributed by atoms with van der Waals surface area (Å²) >= 11 is 1.40. The van der Waals surface area contributed by atoms with E-state index in [9.17, 15) is 13.2 Å². The van der Waals surface area contributed by atoms with Gasteiger partial charge in [-0.2, -0.15) is 0 Å². The second-order valence-electron chi connectivity index (χ2n) is 4.98. The van der Waals surface area contributed by atoms with E-state index in [2.05, 4.69) is 10.3 Å². The molecule has 1 atom stereocenters. The van der Waals surface area contributed by atoms with Gasteiger partial charge in [0, 0.05) is 17.0 Å². The summed E-state index contributed by atoms with van der Waals surface area (Å²) in [6, 6.07) is 9.32. The highest BCUT2D eigenvalue weighted by Gasteiger charge is 2.29. The summed E-state index contributed by atoms with van der Waals surface area (Å²) in [5.74, 6) is -0.144. The summed E-state index contributed by atoms with van der Waals surface area (Å²) in [6.45, 7) is 0. The Bertz CT molecular complexity index is 754. The Morgan fingerprint density at radius 1 is 1.29 bits per heavy atom. The molecule has 1 aliphatic rings. The third-order valence-electron chi connectivity index (χ3n) is 3.33. The van der Waals surface area contributed by atoms with Gasteiger partial charge in [0.1, 0.15) is 10.7 Å². The molecule has 0 unspecified atom stereocenters. The van der Waals surface area contributed by atoms with Crippen LogP contribution in [0.3, 0.4) is 0 Å². The number of aromatic nitrogens is 1. The minimum atomic E-state index is -2.99. The Labute approximate surface area is 127 Å². The fraction of sp³-hybridized carbons (Fsp3) is 0.286. The van der Waals surface area contributed by atoms with E-state index in [0.717, 1.165) is 10.6 Å². The minimum absolute atomic E-state index is 0.0222. The number of carbonyl (C=O) groups is 1. The van der Waals surface area contributed by atoms with Crippen LogP contribution < -0.4 is 5.32 Å². The molecule has 0 aliphatic carbocycles. The van der Waals surface area contributed by atoms with Crippen LogP contribution in [0.1, 0.15) is 16.9 Å². The molecule has 1 N–H and O–H groups in total. The topological polar surface area (TPSA) is 76.1 Å². The van der Waals surface area contributed by atoms with Crippen molar-refractivity contribution in [2.24, 2.45) is 0 Å². The molecule has 7 heteroatoms. The molecule has 2 heterocycles. The predicted octanol–water partition coefficient (Wildman–Crippen LogP) is 1.73. The SMILES string of the molecule is O=C(N[C@@H]1CCS(=O)(=O)C1)c1csc(-c2ccccc2)n1. The Kier molecular flexibility index (Phi) is 3.77. The summed E-state index contributed by atoms with van der Waals surface area (Å²) in [7, 11) is -2.99. The van der Waals surface area contributed by atoms with Crippen molar-refractivity contribution >= 4 is 27.1 Å². The lowest BCUT2D eigenvalue weighted by Crippen LogP contribution is -2.35. The second kappa shape index (κ2) is 5.57. The van der Waals surface area contributed by atoms with Gasteiger partial charge in [0.05, 0.1) is 11.5 Å². The number of carbonyl (C=O) groups excluding carboxylic acids is 1. The number of sulfone groups is 1. The molecule has 1 fully saturated rings. The molecular weight excluding hydrogens is 308 g/mol. The van der Waals surface area contributed by atoms with E-state index in [1.165, 1.54) is 11.3 Å². The van der Waals surface area contributed by atoms with Crippen LogP contribution in [0, 0.1) is 0 Å². The summed E-state index contributed by atoms with van der Waals surface area (Å²) in [5, 5.41) is 5.21. The fourth-order valence-corrected chi connectivity index (χ4v) is 4.74. The van der Waals surface area contributed by atoms with E-state index in [0.29, 0.717) is 12.1 Å². The molecular formula is C14H14N2O3S2. The smallest absolute Gasteiger partial charge is 0.271 e. The Hall–Kier alpha value is -1.73. The fourth-order valence-electron chi connectivity index (χ4n) is 2.26. The maximum atomic E-state index is 12.1. The molecule has 110 valence electrons. The summed E-state index contributed by atoms with van der Waals surface area (Å²) < 4.78 is 22.8. The van der Waals surface area contributed by atoms with E-state index in [1.807, 2.05) is 30.3 Å². The van der Waals surface area contributed by atoms with Crippen LogP contribution in [-0.2, 0) is 9.84 Å². The van der Waals surface area contributed by atoms with Gasteiger partial charge in [-0.15, -0.1) is 11.3 Å². The highest BCUT2D eigenvalue weighted by Crippen LogP contribution is 2.23. The van der Waals surface area contributed by atoms with Crippen LogP contribution >= 0.6 is 11.3 Å². The van der Waals surface area contributed by atoms with Gasteiger partial charge in [0.25, 0.3) is 5.91 Å². The average Bonchev–Trinajstić information content (AvgIpc) is 3.07. The molecule has 0 bridgehead atoms. The molecule has 1 aliphatic heterocycles. The second-order valence-corrected chi connectivity index (χ2v) is 8.06. The molecule has 5 nitrogen and oxygen atoms in total. The number of nitrogens with zero attached hydrogens (tertiary/aromatic N) is 1. The van der Waals surface area contributed by atoms with E-state index < -0.39 is 9.84 Å². The molecule has 0 saturated carbocycles. The monoisotopic (exact) mass is 322 g/mol. The van der Waals surface area contributed by atoms with Gasteiger partial charge in [-0.25, -0.2) is 13.4 Å². The average molecular weight is 322 g/mol. The van der Waals surface area contributed by atoms with E-state index >= 15 is 0 Å². The van der Waals surface area contributed by atoms with Gasteiger partial charge in [-0.05, 0) is 6.42 Å². The molecule has 1 aromatic carbocycles. The largest absolute Gasteiger partial charge is 0.347 e. The van der Waals surface area contributed by atoms with Crippen molar-refractivity contribution in [3.05, 3.63) is 41.4 Å². The normalized spacial score (nSPS) is 20.3. The molecule has 3 rings (SSSR count). The molecule has 1 aromatic heterocycles. The van der Waals surface area contributed by atoms with Crippen LogP contribution in [0.4, 0.5) is 0 Å². The zero-order valence-electron chi connectivity index (χ0n) is 11.2. The van der Waals surface area contributed by atoms with Crippen molar-refractivity contribution < 1.29 is 13.2 Å². The zero-order chi connectivity index (χ0) is 14.9. The Balaban J connectivity index is 1.70. The molecule has 0 spiro atoms. The third-order valence-corrected chi connectivity index (χ3v) is 5.98. The van der Waals surface area contributed by atoms with Gasteiger partial charge in [0.2, 0.25) is 0 Å². The Morgan fingerprint density at radius 2 is 2.05 bits per heavy atom. The van der Waals surface area contributed by atoms with Crippen LogP contribution in [0.5, 0.6) is 0 Å². The number of nitrogens with one attached hydrogen (secondary N) is 1. The van der Waals surface area contributed by atoms with Crippen LogP contribution in [-0.4, -0.2) is 36.9 Å². The van der Waals surface area contributed by atoms with Gasteiger partial charge < -0.3 is 5.32 Å². The van der Waals surface area contributed by atoms with Gasteiger partial charge in [0.15, 0.2) is 9.84 Å². The van der Waals surface area contributed by atoms with Crippen molar-refractivity contribution in [3.8, 4) is 10.6 Å². The predicted molar refractivity (Wildman–Crippen MR) is 82.1 cm³/mol. The lowest BCUT2D eigenvalue weighted by Gasteiger charge is -2.08. The summed E-state index contributed by atoms with van der Waals surface area (Å²) in [5.41, 5.74) is 1.30. The van der Waals surface area contributed by atoms with Crippen molar-refractivity contribution in [2.75, 3.05) is 11.5 Å². The lowest BCUT2D eigenvalue weighted by atomic mass is 10.2. The summed E-state index contributed by atoms with van der Waals surface area (Å²) in [6.07, 6.45) is 0.476.